The van der Waals surface area contributed by atoms with Gasteiger partial charge < -0.3 is 9.47 Å². The summed E-state index contributed by atoms with van der Waals surface area (Å²) >= 11 is 10.7. The molecule has 3 aromatic rings. The zero-order valence-electron chi connectivity index (χ0n) is 15.4. The van der Waals surface area contributed by atoms with Gasteiger partial charge in [0.2, 0.25) is 5.90 Å². The highest BCUT2D eigenvalue weighted by Crippen LogP contribution is 2.26. The molecule has 0 fully saturated rings. The van der Waals surface area contributed by atoms with Gasteiger partial charge in [0.25, 0.3) is 0 Å². The molecular formula is C23H14ClI2NO3. The molecule has 4 rings (SSSR count). The molecular weight excluding hydrogens is 628 g/mol. The van der Waals surface area contributed by atoms with Gasteiger partial charge in [0.1, 0.15) is 12.4 Å². The standard InChI is InChI=1S/C23H14ClI2NO3/c24-19-10-7-16(25)12-18(19)22-27-21(23(28)30-22)11-14-5-8-17(9-6-14)29-13-15-3-1-2-4-20(15)26/h1-12H,13H2/b21-11-. The quantitative estimate of drug-likeness (QED) is 0.182. The number of esters is 1. The van der Waals surface area contributed by atoms with Crippen molar-refractivity contribution < 1.29 is 14.3 Å². The van der Waals surface area contributed by atoms with Crippen LogP contribution in [0.15, 0.2) is 77.4 Å². The first-order valence-electron chi connectivity index (χ1n) is 8.94. The largest absolute Gasteiger partial charge is 0.489 e. The zero-order valence-corrected chi connectivity index (χ0v) is 20.5. The van der Waals surface area contributed by atoms with E-state index in [1.54, 1.807) is 12.1 Å². The number of hydrogen-bond donors (Lipinski definition) is 0. The fourth-order valence-electron chi connectivity index (χ4n) is 2.78. The van der Waals surface area contributed by atoms with Gasteiger partial charge >= 0.3 is 5.97 Å². The summed E-state index contributed by atoms with van der Waals surface area (Å²) in [4.78, 5) is 16.6. The summed E-state index contributed by atoms with van der Waals surface area (Å²) in [6, 6.07) is 21.0. The number of carbonyl (C=O) groups is 1. The van der Waals surface area contributed by atoms with Crippen LogP contribution in [0.1, 0.15) is 16.7 Å². The van der Waals surface area contributed by atoms with E-state index in [0.29, 0.717) is 17.2 Å². The van der Waals surface area contributed by atoms with E-state index < -0.39 is 5.97 Å². The van der Waals surface area contributed by atoms with Crippen molar-refractivity contribution in [1.29, 1.82) is 0 Å². The minimum absolute atomic E-state index is 0.215. The van der Waals surface area contributed by atoms with Gasteiger partial charge in [-0.3, -0.25) is 0 Å². The SMILES string of the molecule is O=C1OC(c2cc(I)ccc2Cl)=N/C1=C\c1ccc(OCc2ccccc2I)cc1. The Labute approximate surface area is 206 Å². The second-order valence-corrected chi connectivity index (χ2v) is 9.22. The Morgan fingerprint density at radius 1 is 1.03 bits per heavy atom. The summed E-state index contributed by atoms with van der Waals surface area (Å²) in [5.74, 6) is 0.465. The second-order valence-electron chi connectivity index (χ2n) is 6.41. The van der Waals surface area contributed by atoms with Crippen LogP contribution >= 0.6 is 56.8 Å². The molecule has 1 aliphatic heterocycles. The van der Waals surface area contributed by atoms with Crippen molar-refractivity contribution >= 4 is 74.7 Å². The Kier molecular flexibility index (Phi) is 6.74. The van der Waals surface area contributed by atoms with Gasteiger partial charge in [-0.15, -0.1) is 0 Å². The van der Waals surface area contributed by atoms with Crippen molar-refractivity contribution in [2.24, 2.45) is 4.99 Å². The average molecular weight is 642 g/mol. The molecule has 0 aliphatic carbocycles. The maximum absolute atomic E-state index is 12.2. The maximum Gasteiger partial charge on any atom is 0.363 e. The van der Waals surface area contributed by atoms with Crippen LogP contribution in [-0.4, -0.2) is 11.9 Å². The number of hydrogen-bond acceptors (Lipinski definition) is 4. The molecule has 0 unspecified atom stereocenters. The van der Waals surface area contributed by atoms with E-state index in [2.05, 4.69) is 50.2 Å². The van der Waals surface area contributed by atoms with E-state index >= 15 is 0 Å². The molecule has 0 radical (unpaired) electrons. The first-order chi connectivity index (χ1) is 14.5. The Morgan fingerprint density at radius 3 is 2.57 bits per heavy atom. The Morgan fingerprint density at radius 2 is 1.80 bits per heavy atom. The van der Waals surface area contributed by atoms with E-state index in [0.717, 1.165) is 24.0 Å². The predicted molar refractivity (Wildman–Crippen MR) is 135 cm³/mol. The third-order valence-electron chi connectivity index (χ3n) is 4.31. The molecule has 30 heavy (non-hydrogen) atoms. The van der Waals surface area contributed by atoms with Crippen molar-refractivity contribution in [1.82, 2.24) is 0 Å². The van der Waals surface area contributed by atoms with Crippen LogP contribution in [0.4, 0.5) is 0 Å². The van der Waals surface area contributed by atoms with E-state index in [9.17, 15) is 4.79 Å². The summed E-state index contributed by atoms with van der Waals surface area (Å²) in [5, 5.41) is 0.484. The highest BCUT2D eigenvalue weighted by molar-refractivity contribution is 14.1. The number of nitrogens with zero attached hydrogens (tertiary/aromatic N) is 1. The second kappa shape index (κ2) is 9.49. The smallest absolute Gasteiger partial charge is 0.363 e. The number of halogens is 3. The first kappa shape index (κ1) is 21.3. The monoisotopic (exact) mass is 641 g/mol. The summed E-state index contributed by atoms with van der Waals surface area (Å²) in [7, 11) is 0. The highest BCUT2D eigenvalue weighted by atomic mass is 127. The minimum Gasteiger partial charge on any atom is -0.489 e. The molecule has 0 N–H and O–H groups in total. The third kappa shape index (κ3) is 5.04. The number of aliphatic imine (C=N–C) groups is 1. The minimum atomic E-state index is -0.501. The first-order valence-corrected chi connectivity index (χ1v) is 11.5. The molecule has 0 atom stereocenters. The Balaban J connectivity index is 1.49. The lowest BCUT2D eigenvalue weighted by molar-refractivity contribution is -0.129. The van der Waals surface area contributed by atoms with Crippen LogP contribution in [-0.2, 0) is 16.1 Å². The van der Waals surface area contributed by atoms with Gasteiger partial charge in [0.05, 0.1) is 10.6 Å². The van der Waals surface area contributed by atoms with E-state index in [1.807, 2.05) is 60.7 Å². The van der Waals surface area contributed by atoms with Gasteiger partial charge in [-0.05, 0) is 93.2 Å². The van der Waals surface area contributed by atoms with E-state index in [1.165, 1.54) is 0 Å². The van der Waals surface area contributed by atoms with Crippen molar-refractivity contribution in [3.63, 3.8) is 0 Å². The average Bonchev–Trinajstić information content (AvgIpc) is 3.10. The predicted octanol–water partition coefficient (Wildman–Crippen LogP) is 6.47. The molecule has 0 spiro atoms. The molecule has 1 aliphatic rings. The molecule has 0 bridgehead atoms. The molecule has 4 nitrogen and oxygen atoms in total. The molecule has 0 amide bonds. The van der Waals surface area contributed by atoms with Crippen LogP contribution in [0.25, 0.3) is 6.08 Å². The van der Waals surface area contributed by atoms with Gasteiger partial charge in [-0.1, -0.05) is 41.9 Å². The third-order valence-corrected chi connectivity index (χ3v) is 6.37. The van der Waals surface area contributed by atoms with Crippen molar-refractivity contribution in [2.75, 3.05) is 0 Å². The van der Waals surface area contributed by atoms with Crippen LogP contribution in [0.2, 0.25) is 5.02 Å². The number of carbonyl (C=O) groups excluding carboxylic acids is 1. The number of ether oxygens (including phenoxy) is 2. The maximum atomic E-state index is 12.2. The number of rotatable bonds is 5. The molecule has 0 saturated heterocycles. The van der Waals surface area contributed by atoms with Gasteiger partial charge in [-0.2, -0.15) is 0 Å². The van der Waals surface area contributed by atoms with Crippen LogP contribution in [0.3, 0.4) is 0 Å². The molecule has 0 aromatic heterocycles. The normalized spacial score (nSPS) is 14.6. The van der Waals surface area contributed by atoms with Crippen molar-refractivity contribution in [3.05, 3.63) is 101 Å². The summed E-state index contributed by atoms with van der Waals surface area (Å²) in [5.41, 5.74) is 2.78. The van der Waals surface area contributed by atoms with E-state index in [4.69, 9.17) is 21.1 Å². The zero-order chi connectivity index (χ0) is 21.1. The molecule has 0 saturated carbocycles. The molecule has 3 aromatic carbocycles. The van der Waals surface area contributed by atoms with Crippen molar-refractivity contribution in [2.45, 2.75) is 6.61 Å². The van der Waals surface area contributed by atoms with Gasteiger partial charge in [0, 0.05) is 12.7 Å². The summed E-state index contributed by atoms with van der Waals surface area (Å²) in [6.45, 7) is 0.496. The van der Waals surface area contributed by atoms with Crippen LogP contribution < -0.4 is 4.74 Å². The highest BCUT2D eigenvalue weighted by Gasteiger charge is 2.25. The summed E-state index contributed by atoms with van der Waals surface area (Å²) < 4.78 is 13.3. The molecule has 150 valence electrons. The molecule has 7 heteroatoms. The van der Waals surface area contributed by atoms with Crippen LogP contribution in [0.5, 0.6) is 5.75 Å². The van der Waals surface area contributed by atoms with Crippen molar-refractivity contribution in [3.8, 4) is 5.75 Å². The fraction of sp³-hybridized carbons (Fsp3) is 0.0435. The Bertz CT molecular complexity index is 1170. The fourth-order valence-corrected chi connectivity index (χ4v) is 4.01. The lowest BCUT2D eigenvalue weighted by Gasteiger charge is -2.08. The topological polar surface area (TPSA) is 47.9 Å². The van der Waals surface area contributed by atoms with E-state index in [-0.39, 0.29) is 11.6 Å². The Hall–Kier alpha value is -1.91. The van der Waals surface area contributed by atoms with Gasteiger partial charge in [0.15, 0.2) is 5.70 Å². The summed E-state index contributed by atoms with van der Waals surface area (Å²) in [6.07, 6.45) is 1.68. The van der Waals surface area contributed by atoms with Gasteiger partial charge in [-0.25, -0.2) is 9.79 Å². The number of benzene rings is 3. The lowest BCUT2D eigenvalue weighted by Crippen LogP contribution is -2.06. The van der Waals surface area contributed by atoms with Crippen LogP contribution in [0, 0.1) is 7.14 Å². The molecule has 1 heterocycles. The number of cyclic esters (lactones) is 1. The lowest BCUT2D eigenvalue weighted by atomic mass is 10.2.